The second kappa shape index (κ2) is 6.52. The van der Waals surface area contributed by atoms with Crippen LogP contribution in [0.5, 0.6) is 0 Å². The Morgan fingerprint density at radius 2 is 1.83 bits per heavy atom. The zero-order chi connectivity index (χ0) is 16.2. The molecule has 0 aromatic heterocycles. The number of amides is 2. The molecule has 1 aliphatic rings. The summed E-state index contributed by atoms with van der Waals surface area (Å²) in [6, 6.07) is 16.9. The smallest absolute Gasteiger partial charge is 0.249 e. The molecule has 3 rings (SSSR count). The molecule has 1 aliphatic heterocycles. The maximum Gasteiger partial charge on any atom is 0.249 e. The van der Waals surface area contributed by atoms with Gasteiger partial charge >= 0.3 is 0 Å². The molecule has 118 valence electrons. The van der Waals surface area contributed by atoms with Crippen LogP contribution in [-0.2, 0) is 16.1 Å². The van der Waals surface area contributed by atoms with Crippen LogP contribution in [0.25, 0.3) is 0 Å². The molecule has 5 heteroatoms. The molecule has 2 aromatic carbocycles. The number of fused-ring (bicyclic) bond motifs is 1. The van der Waals surface area contributed by atoms with E-state index >= 15 is 0 Å². The number of benzene rings is 2. The fraction of sp³-hybridized carbons (Fsp3) is 0.222. The van der Waals surface area contributed by atoms with Gasteiger partial charge in [-0.3, -0.25) is 14.5 Å². The topological polar surface area (TPSA) is 61.4 Å². The third-order valence-electron chi connectivity index (χ3n) is 3.84. The standard InChI is InChI=1S/C18H19N3O2/c1-13-18(23)21(16-10-6-5-9-15(16)20-13)12-17(22)19-11-14-7-3-2-4-8-14/h2-10,13,20H,11-12H2,1H3,(H,19,22). The number of nitrogens with zero attached hydrogens (tertiary/aromatic N) is 1. The summed E-state index contributed by atoms with van der Waals surface area (Å²) in [6.07, 6.45) is 0. The first-order valence-electron chi connectivity index (χ1n) is 7.63. The molecule has 0 fully saturated rings. The molecule has 0 aliphatic carbocycles. The third kappa shape index (κ3) is 3.34. The number of hydrogen-bond donors (Lipinski definition) is 2. The molecular formula is C18H19N3O2. The number of anilines is 2. The van der Waals surface area contributed by atoms with Gasteiger partial charge in [-0.15, -0.1) is 0 Å². The van der Waals surface area contributed by atoms with Gasteiger partial charge in [-0.25, -0.2) is 0 Å². The summed E-state index contributed by atoms with van der Waals surface area (Å²) in [5, 5.41) is 6.01. The van der Waals surface area contributed by atoms with Gasteiger partial charge in [0.2, 0.25) is 11.8 Å². The maximum atomic E-state index is 12.4. The fourth-order valence-electron chi connectivity index (χ4n) is 2.64. The van der Waals surface area contributed by atoms with Crippen LogP contribution in [0.15, 0.2) is 54.6 Å². The molecule has 0 radical (unpaired) electrons. The Kier molecular flexibility index (Phi) is 4.28. The van der Waals surface area contributed by atoms with E-state index in [0.717, 1.165) is 16.9 Å². The van der Waals surface area contributed by atoms with Crippen LogP contribution in [0.1, 0.15) is 12.5 Å². The zero-order valence-electron chi connectivity index (χ0n) is 13.0. The second-order valence-corrected chi connectivity index (χ2v) is 5.57. The van der Waals surface area contributed by atoms with Crippen LogP contribution < -0.4 is 15.5 Å². The Morgan fingerprint density at radius 1 is 1.13 bits per heavy atom. The first kappa shape index (κ1) is 15.1. The molecule has 23 heavy (non-hydrogen) atoms. The molecule has 1 unspecified atom stereocenters. The highest BCUT2D eigenvalue weighted by molar-refractivity contribution is 6.07. The quantitative estimate of drug-likeness (QED) is 0.910. The van der Waals surface area contributed by atoms with Crippen molar-refractivity contribution in [2.24, 2.45) is 0 Å². The van der Waals surface area contributed by atoms with Crippen molar-refractivity contribution in [2.75, 3.05) is 16.8 Å². The zero-order valence-corrected chi connectivity index (χ0v) is 13.0. The van der Waals surface area contributed by atoms with Crippen molar-refractivity contribution in [3.05, 3.63) is 60.2 Å². The maximum absolute atomic E-state index is 12.4. The van der Waals surface area contributed by atoms with Crippen molar-refractivity contribution in [1.82, 2.24) is 5.32 Å². The van der Waals surface area contributed by atoms with Gasteiger partial charge in [0.15, 0.2) is 0 Å². The van der Waals surface area contributed by atoms with E-state index in [0.29, 0.717) is 6.54 Å². The lowest BCUT2D eigenvalue weighted by molar-refractivity contribution is -0.124. The molecule has 2 amide bonds. The molecule has 2 N–H and O–H groups in total. The second-order valence-electron chi connectivity index (χ2n) is 5.57. The molecule has 0 bridgehead atoms. The molecule has 0 spiro atoms. The summed E-state index contributed by atoms with van der Waals surface area (Å²) in [5.74, 6) is -0.273. The number of rotatable bonds is 4. The van der Waals surface area contributed by atoms with Crippen LogP contribution in [0.4, 0.5) is 11.4 Å². The van der Waals surface area contributed by atoms with Crippen molar-refractivity contribution < 1.29 is 9.59 Å². The van der Waals surface area contributed by atoms with E-state index in [2.05, 4.69) is 10.6 Å². The molecule has 1 heterocycles. The molecule has 1 atom stereocenters. The highest BCUT2D eigenvalue weighted by Crippen LogP contribution is 2.30. The number of carbonyl (C=O) groups excluding carboxylic acids is 2. The van der Waals surface area contributed by atoms with Gasteiger partial charge in [-0.1, -0.05) is 42.5 Å². The lowest BCUT2D eigenvalue weighted by Crippen LogP contribution is -2.49. The first-order valence-corrected chi connectivity index (χ1v) is 7.63. The lowest BCUT2D eigenvalue weighted by atomic mass is 10.1. The SMILES string of the molecule is CC1Nc2ccccc2N(CC(=O)NCc2ccccc2)C1=O. The van der Waals surface area contributed by atoms with Crippen LogP contribution in [0.3, 0.4) is 0 Å². The number of para-hydroxylation sites is 2. The van der Waals surface area contributed by atoms with Crippen molar-refractivity contribution in [2.45, 2.75) is 19.5 Å². The predicted molar refractivity (Wildman–Crippen MR) is 90.2 cm³/mol. The van der Waals surface area contributed by atoms with E-state index in [-0.39, 0.29) is 24.4 Å². The number of hydrogen-bond acceptors (Lipinski definition) is 3. The van der Waals surface area contributed by atoms with E-state index in [1.54, 1.807) is 6.92 Å². The van der Waals surface area contributed by atoms with Gasteiger partial charge in [0.1, 0.15) is 12.6 Å². The minimum atomic E-state index is -0.341. The average Bonchev–Trinajstić information content (AvgIpc) is 2.58. The predicted octanol–water partition coefficient (Wildman–Crippen LogP) is 2.15. The first-order chi connectivity index (χ1) is 11.1. The normalized spacial score (nSPS) is 16.5. The Labute approximate surface area is 135 Å². The monoisotopic (exact) mass is 309 g/mol. The van der Waals surface area contributed by atoms with Crippen molar-refractivity contribution in [3.63, 3.8) is 0 Å². The molecule has 0 saturated carbocycles. The Bertz CT molecular complexity index is 715. The number of nitrogens with one attached hydrogen (secondary N) is 2. The average molecular weight is 309 g/mol. The van der Waals surface area contributed by atoms with E-state index in [9.17, 15) is 9.59 Å². The number of carbonyl (C=O) groups is 2. The summed E-state index contributed by atoms with van der Waals surface area (Å²) in [7, 11) is 0. The fourth-order valence-corrected chi connectivity index (χ4v) is 2.64. The Hall–Kier alpha value is -2.82. The highest BCUT2D eigenvalue weighted by Gasteiger charge is 2.30. The lowest BCUT2D eigenvalue weighted by Gasteiger charge is -2.33. The third-order valence-corrected chi connectivity index (χ3v) is 3.84. The molecular weight excluding hydrogens is 290 g/mol. The van der Waals surface area contributed by atoms with Crippen LogP contribution in [0.2, 0.25) is 0 Å². The molecule has 5 nitrogen and oxygen atoms in total. The van der Waals surface area contributed by atoms with Crippen molar-refractivity contribution in [3.8, 4) is 0 Å². The van der Waals surface area contributed by atoms with Gasteiger partial charge in [-0.05, 0) is 24.6 Å². The Morgan fingerprint density at radius 3 is 2.61 bits per heavy atom. The van der Waals surface area contributed by atoms with Crippen LogP contribution in [0, 0.1) is 0 Å². The Balaban J connectivity index is 1.69. The van der Waals surface area contributed by atoms with E-state index in [4.69, 9.17) is 0 Å². The summed E-state index contributed by atoms with van der Waals surface area (Å²) < 4.78 is 0. The summed E-state index contributed by atoms with van der Waals surface area (Å²) in [4.78, 5) is 26.1. The van der Waals surface area contributed by atoms with Gasteiger partial charge < -0.3 is 10.6 Å². The van der Waals surface area contributed by atoms with E-state index in [1.807, 2.05) is 54.6 Å². The molecule has 2 aromatic rings. The minimum absolute atomic E-state index is 0.0225. The minimum Gasteiger partial charge on any atom is -0.372 e. The highest BCUT2D eigenvalue weighted by atomic mass is 16.2. The summed E-state index contributed by atoms with van der Waals surface area (Å²) in [6.45, 7) is 2.28. The van der Waals surface area contributed by atoms with Crippen LogP contribution >= 0.6 is 0 Å². The van der Waals surface area contributed by atoms with Gasteiger partial charge in [0.05, 0.1) is 11.4 Å². The van der Waals surface area contributed by atoms with Gasteiger partial charge in [-0.2, -0.15) is 0 Å². The van der Waals surface area contributed by atoms with Gasteiger partial charge in [0.25, 0.3) is 0 Å². The summed E-state index contributed by atoms with van der Waals surface area (Å²) in [5.41, 5.74) is 2.64. The van der Waals surface area contributed by atoms with E-state index in [1.165, 1.54) is 4.90 Å². The van der Waals surface area contributed by atoms with Crippen LogP contribution in [-0.4, -0.2) is 24.4 Å². The largest absolute Gasteiger partial charge is 0.372 e. The molecule has 0 saturated heterocycles. The van der Waals surface area contributed by atoms with E-state index < -0.39 is 0 Å². The summed E-state index contributed by atoms with van der Waals surface area (Å²) >= 11 is 0. The van der Waals surface area contributed by atoms with Crippen molar-refractivity contribution >= 4 is 23.2 Å². The van der Waals surface area contributed by atoms with Crippen molar-refractivity contribution in [1.29, 1.82) is 0 Å². The van der Waals surface area contributed by atoms with Gasteiger partial charge in [0, 0.05) is 6.54 Å².